The van der Waals surface area contributed by atoms with Crippen LogP contribution >= 0.6 is 0 Å². The summed E-state index contributed by atoms with van der Waals surface area (Å²) in [5.74, 6) is -0.494. The third kappa shape index (κ3) is 2.78. The van der Waals surface area contributed by atoms with Gasteiger partial charge in [0.2, 0.25) is 5.91 Å². The minimum Gasteiger partial charge on any atom is -0.326 e. The van der Waals surface area contributed by atoms with Gasteiger partial charge in [-0.2, -0.15) is 10.2 Å². The molecule has 0 saturated heterocycles. The van der Waals surface area contributed by atoms with Crippen molar-refractivity contribution in [3.8, 4) is 0 Å². The summed E-state index contributed by atoms with van der Waals surface area (Å²) >= 11 is 0. The third-order valence-electron chi connectivity index (χ3n) is 4.53. The molecule has 0 spiro atoms. The lowest BCUT2D eigenvalue weighted by molar-refractivity contribution is -0.114. The van der Waals surface area contributed by atoms with Gasteiger partial charge in [0.1, 0.15) is 11.7 Å². The summed E-state index contributed by atoms with van der Waals surface area (Å²) in [6.45, 7) is 1.38. The molecular formula is C19H15N3O4S. The smallest absolute Gasteiger partial charge is 0.221 e. The molecule has 27 heavy (non-hydrogen) atoms. The Morgan fingerprint density at radius 3 is 2.44 bits per heavy atom. The van der Waals surface area contributed by atoms with E-state index in [-0.39, 0.29) is 16.6 Å². The van der Waals surface area contributed by atoms with Gasteiger partial charge in [-0.1, -0.05) is 24.3 Å². The van der Waals surface area contributed by atoms with Gasteiger partial charge in [-0.3, -0.25) is 9.59 Å². The van der Waals surface area contributed by atoms with Gasteiger partial charge in [-0.05, 0) is 23.8 Å². The van der Waals surface area contributed by atoms with Crippen molar-refractivity contribution < 1.29 is 18.0 Å². The molecule has 1 heterocycles. The first-order valence-corrected chi connectivity index (χ1v) is 10.1. The maximum absolute atomic E-state index is 13.1. The maximum atomic E-state index is 13.1. The summed E-state index contributed by atoms with van der Waals surface area (Å²) in [4.78, 5) is 24.7. The molecule has 2 aromatic carbocycles. The van der Waals surface area contributed by atoms with Gasteiger partial charge in [0.05, 0.1) is 21.7 Å². The van der Waals surface area contributed by atoms with Gasteiger partial charge in [0.25, 0.3) is 0 Å². The van der Waals surface area contributed by atoms with E-state index in [2.05, 4.69) is 15.5 Å². The van der Waals surface area contributed by atoms with Gasteiger partial charge in [-0.15, -0.1) is 0 Å². The summed E-state index contributed by atoms with van der Waals surface area (Å²) < 4.78 is 23.3. The molecule has 1 aliphatic carbocycles. The standard InChI is InChI=1S/C19H15N3O4S/c1-10(23)20-14-5-3-4-13-15(14)19(24)16-17(21-22-18(13)16)11-6-8-12(9-7-11)27(2,25)26/h3-9,18H,1-2H3,(H,20,23). The van der Waals surface area contributed by atoms with Crippen molar-refractivity contribution in [2.24, 2.45) is 10.2 Å². The van der Waals surface area contributed by atoms with Crippen molar-refractivity contribution >= 4 is 32.9 Å². The number of azo groups is 1. The highest BCUT2D eigenvalue weighted by Gasteiger charge is 2.42. The van der Waals surface area contributed by atoms with Crippen molar-refractivity contribution in [2.45, 2.75) is 17.9 Å². The molecule has 4 rings (SSSR count). The van der Waals surface area contributed by atoms with Crippen molar-refractivity contribution in [3.63, 3.8) is 0 Å². The molecule has 0 radical (unpaired) electrons. The van der Waals surface area contributed by atoms with Gasteiger partial charge in [0.15, 0.2) is 15.6 Å². The third-order valence-corrected chi connectivity index (χ3v) is 5.66. The number of hydrogen-bond donors (Lipinski definition) is 1. The summed E-state index contributed by atoms with van der Waals surface area (Å²) in [6.07, 6.45) is 1.13. The number of benzene rings is 2. The SMILES string of the molecule is CC(=O)Nc1cccc2c1C(=O)C1=C(c3ccc(S(C)(=O)=O)cc3)N=NC12. The molecule has 0 bridgehead atoms. The molecule has 1 aliphatic heterocycles. The lowest BCUT2D eigenvalue weighted by Gasteiger charge is -2.08. The number of sulfone groups is 1. The fraction of sp³-hybridized carbons (Fsp3) is 0.158. The van der Waals surface area contributed by atoms with Gasteiger partial charge < -0.3 is 5.32 Å². The Morgan fingerprint density at radius 2 is 1.81 bits per heavy atom. The lowest BCUT2D eigenvalue weighted by Crippen LogP contribution is -2.10. The number of Topliss-reactive ketones (excluding diaryl/α,β-unsaturated/α-hetero) is 1. The molecule has 7 nitrogen and oxygen atoms in total. The zero-order chi connectivity index (χ0) is 19.3. The minimum absolute atomic E-state index is 0.192. The molecule has 8 heteroatoms. The Hall–Kier alpha value is -3.13. The quantitative estimate of drug-likeness (QED) is 0.881. The Balaban J connectivity index is 1.81. The van der Waals surface area contributed by atoms with Crippen LogP contribution in [0.3, 0.4) is 0 Å². The second-order valence-corrected chi connectivity index (χ2v) is 8.47. The average molecular weight is 381 g/mol. The first-order valence-electron chi connectivity index (χ1n) is 8.18. The van der Waals surface area contributed by atoms with E-state index < -0.39 is 15.9 Å². The number of fused-ring (bicyclic) bond motifs is 3. The first kappa shape index (κ1) is 17.3. The van der Waals surface area contributed by atoms with Gasteiger partial charge in [0, 0.05) is 18.7 Å². The predicted octanol–water partition coefficient (Wildman–Crippen LogP) is 3.16. The molecule has 1 N–H and O–H groups in total. The molecule has 136 valence electrons. The van der Waals surface area contributed by atoms with E-state index in [1.54, 1.807) is 30.3 Å². The van der Waals surface area contributed by atoms with Crippen LogP contribution in [-0.4, -0.2) is 26.4 Å². The monoisotopic (exact) mass is 381 g/mol. The van der Waals surface area contributed by atoms with Crippen LogP contribution in [0.1, 0.15) is 34.5 Å². The summed E-state index contributed by atoms with van der Waals surface area (Å²) in [5.41, 5.74) is 3.06. The van der Waals surface area contributed by atoms with Crippen molar-refractivity contribution in [1.82, 2.24) is 0 Å². The van der Waals surface area contributed by atoms with Crippen LogP contribution in [0.15, 0.2) is 63.2 Å². The fourth-order valence-corrected chi connectivity index (χ4v) is 3.99. The molecule has 2 aromatic rings. The van der Waals surface area contributed by atoms with E-state index in [9.17, 15) is 18.0 Å². The van der Waals surface area contributed by atoms with Crippen molar-refractivity contribution in [1.29, 1.82) is 0 Å². The van der Waals surface area contributed by atoms with E-state index in [0.29, 0.717) is 33.6 Å². The van der Waals surface area contributed by atoms with Gasteiger partial charge in [-0.25, -0.2) is 8.42 Å². The Morgan fingerprint density at radius 1 is 1.11 bits per heavy atom. The number of nitrogens with zero attached hydrogens (tertiary/aromatic N) is 2. The van der Waals surface area contributed by atoms with E-state index in [1.807, 2.05) is 0 Å². The number of nitrogens with one attached hydrogen (secondary N) is 1. The average Bonchev–Trinajstić information content (AvgIpc) is 3.15. The predicted molar refractivity (Wildman–Crippen MR) is 99.1 cm³/mol. The highest BCUT2D eigenvalue weighted by atomic mass is 32.2. The topological polar surface area (TPSA) is 105 Å². The summed E-state index contributed by atoms with van der Waals surface area (Å²) in [6, 6.07) is 10.9. The van der Waals surface area contributed by atoms with Crippen LogP contribution in [0, 0.1) is 0 Å². The van der Waals surface area contributed by atoms with Crippen LogP contribution < -0.4 is 5.32 Å². The lowest BCUT2D eigenvalue weighted by atomic mass is 10.0. The highest BCUT2D eigenvalue weighted by Crippen LogP contribution is 2.48. The Kier molecular flexibility index (Phi) is 3.81. The second kappa shape index (κ2) is 5.95. The van der Waals surface area contributed by atoms with Crippen molar-refractivity contribution in [3.05, 3.63) is 64.7 Å². The molecule has 2 aliphatic rings. The molecule has 1 unspecified atom stereocenters. The van der Waals surface area contributed by atoms with Crippen molar-refractivity contribution in [2.75, 3.05) is 11.6 Å². The first-order chi connectivity index (χ1) is 12.8. The summed E-state index contributed by atoms with van der Waals surface area (Å²) in [5, 5.41) is 11.1. The number of amides is 1. The van der Waals surface area contributed by atoms with Gasteiger partial charge >= 0.3 is 0 Å². The van der Waals surface area contributed by atoms with Crippen LogP contribution in [0.25, 0.3) is 5.70 Å². The van der Waals surface area contributed by atoms with E-state index in [0.717, 1.165) is 6.26 Å². The molecular weight excluding hydrogens is 366 g/mol. The van der Waals surface area contributed by atoms with Crippen LogP contribution in [-0.2, 0) is 14.6 Å². The second-order valence-electron chi connectivity index (χ2n) is 6.46. The molecule has 0 aromatic heterocycles. The number of ketones is 1. The van der Waals surface area contributed by atoms with Crippen LogP contribution in [0.5, 0.6) is 0 Å². The molecule has 1 amide bonds. The van der Waals surface area contributed by atoms with E-state index in [4.69, 9.17) is 0 Å². The largest absolute Gasteiger partial charge is 0.326 e. The fourth-order valence-electron chi connectivity index (χ4n) is 3.36. The van der Waals surface area contributed by atoms with Crippen LogP contribution in [0.2, 0.25) is 0 Å². The summed E-state index contributed by atoms with van der Waals surface area (Å²) in [7, 11) is -3.31. The van der Waals surface area contributed by atoms with E-state index >= 15 is 0 Å². The number of rotatable bonds is 3. The number of hydrogen-bond acceptors (Lipinski definition) is 6. The molecule has 0 saturated carbocycles. The molecule has 1 atom stereocenters. The molecule has 0 fully saturated rings. The zero-order valence-corrected chi connectivity index (χ0v) is 15.4. The normalized spacial score (nSPS) is 17.9. The maximum Gasteiger partial charge on any atom is 0.221 e. The van der Waals surface area contributed by atoms with Crippen LogP contribution in [0.4, 0.5) is 5.69 Å². The zero-order valence-electron chi connectivity index (χ0n) is 14.6. The Labute approximate surface area is 155 Å². The van der Waals surface area contributed by atoms with E-state index in [1.165, 1.54) is 19.1 Å². The highest BCUT2D eigenvalue weighted by molar-refractivity contribution is 7.90. The number of carbonyl (C=O) groups excluding carboxylic acids is 2. The minimum atomic E-state index is -3.31. The number of carbonyl (C=O) groups is 2. The Bertz CT molecular complexity index is 1160. The number of anilines is 1.